The standard InChI is InChI=1S/C18H25N3O4S.ClH/c19-12-13-6-1-4-9-16(13)20-26(24,25)11-5-10-21-17(22)14-7-2-3-8-15(14)18(21)23;/h2-3,7-8,13,16,20H,1,4-6,9-12,19H2;1H. The van der Waals surface area contributed by atoms with Gasteiger partial charge < -0.3 is 5.73 Å². The second-order valence-corrected chi connectivity index (χ2v) is 8.86. The van der Waals surface area contributed by atoms with Crippen LogP contribution in [0.5, 0.6) is 0 Å². The first-order valence-corrected chi connectivity index (χ1v) is 10.7. The third-order valence-electron chi connectivity index (χ3n) is 5.22. The van der Waals surface area contributed by atoms with Gasteiger partial charge in [0, 0.05) is 12.6 Å². The van der Waals surface area contributed by atoms with Crippen LogP contribution >= 0.6 is 12.4 Å². The Labute approximate surface area is 166 Å². The third-order valence-corrected chi connectivity index (χ3v) is 6.70. The summed E-state index contributed by atoms with van der Waals surface area (Å²) in [5.41, 5.74) is 6.51. The van der Waals surface area contributed by atoms with Gasteiger partial charge in [0.15, 0.2) is 0 Å². The molecule has 0 bridgehead atoms. The van der Waals surface area contributed by atoms with Gasteiger partial charge in [0.05, 0.1) is 16.9 Å². The van der Waals surface area contributed by atoms with Gasteiger partial charge in [-0.2, -0.15) is 0 Å². The average molecular weight is 416 g/mol. The van der Waals surface area contributed by atoms with Crippen LogP contribution in [0.15, 0.2) is 24.3 Å². The predicted octanol–water partition coefficient (Wildman–Crippen LogP) is 1.53. The first-order chi connectivity index (χ1) is 12.4. The highest BCUT2D eigenvalue weighted by Gasteiger charge is 2.35. The summed E-state index contributed by atoms with van der Waals surface area (Å²) >= 11 is 0. The van der Waals surface area contributed by atoms with Gasteiger partial charge in [0.25, 0.3) is 11.8 Å². The van der Waals surface area contributed by atoms with Gasteiger partial charge in [-0.3, -0.25) is 14.5 Å². The number of rotatable bonds is 7. The molecular formula is C18H26ClN3O4S. The maximum atomic E-state index is 12.4. The molecule has 0 radical (unpaired) electrons. The minimum atomic E-state index is -3.47. The molecule has 1 aromatic rings. The minimum absolute atomic E-state index is 0. The fraction of sp³-hybridized carbons (Fsp3) is 0.556. The second kappa shape index (κ2) is 9.14. The molecule has 9 heteroatoms. The lowest BCUT2D eigenvalue weighted by Gasteiger charge is -2.31. The number of imide groups is 1. The highest BCUT2D eigenvalue weighted by Crippen LogP contribution is 2.25. The first kappa shape index (κ1) is 21.8. The lowest BCUT2D eigenvalue weighted by molar-refractivity contribution is 0.0654. The topological polar surface area (TPSA) is 110 Å². The molecule has 27 heavy (non-hydrogen) atoms. The van der Waals surface area contributed by atoms with Gasteiger partial charge >= 0.3 is 0 Å². The van der Waals surface area contributed by atoms with Crippen molar-refractivity contribution in [2.75, 3.05) is 18.8 Å². The molecule has 0 aromatic heterocycles. The number of nitrogens with one attached hydrogen (secondary N) is 1. The molecule has 1 heterocycles. The zero-order valence-electron chi connectivity index (χ0n) is 15.1. The zero-order valence-corrected chi connectivity index (χ0v) is 16.7. The van der Waals surface area contributed by atoms with Crippen LogP contribution in [0.2, 0.25) is 0 Å². The van der Waals surface area contributed by atoms with Crippen LogP contribution in [0, 0.1) is 5.92 Å². The third kappa shape index (κ3) is 4.87. The van der Waals surface area contributed by atoms with Crippen LogP contribution in [0.3, 0.4) is 0 Å². The fourth-order valence-corrected chi connectivity index (χ4v) is 5.19. The molecule has 150 valence electrons. The van der Waals surface area contributed by atoms with Crippen molar-refractivity contribution in [3.63, 3.8) is 0 Å². The average Bonchev–Trinajstić information content (AvgIpc) is 2.87. The van der Waals surface area contributed by atoms with E-state index in [4.69, 9.17) is 5.73 Å². The van der Waals surface area contributed by atoms with Gasteiger partial charge in [-0.1, -0.05) is 25.0 Å². The van der Waals surface area contributed by atoms with Crippen molar-refractivity contribution >= 4 is 34.2 Å². The van der Waals surface area contributed by atoms with Crippen molar-refractivity contribution < 1.29 is 18.0 Å². The van der Waals surface area contributed by atoms with E-state index in [0.29, 0.717) is 17.7 Å². The second-order valence-electron chi connectivity index (χ2n) is 6.98. The normalized spacial score (nSPS) is 22.5. The summed E-state index contributed by atoms with van der Waals surface area (Å²) in [5.74, 6) is -0.651. The molecule has 7 nitrogen and oxygen atoms in total. The van der Waals surface area contributed by atoms with Gasteiger partial charge in [-0.05, 0) is 43.9 Å². The molecule has 2 amide bonds. The summed E-state index contributed by atoms with van der Waals surface area (Å²) in [5, 5.41) is 0. The highest BCUT2D eigenvalue weighted by molar-refractivity contribution is 7.89. The van der Waals surface area contributed by atoms with Crippen molar-refractivity contribution in [2.24, 2.45) is 11.7 Å². The summed E-state index contributed by atoms with van der Waals surface area (Å²) in [4.78, 5) is 25.7. The van der Waals surface area contributed by atoms with Crippen molar-refractivity contribution in [2.45, 2.75) is 38.1 Å². The minimum Gasteiger partial charge on any atom is -0.330 e. The number of fused-ring (bicyclic) bond motifs is 1. The number of carbonyl (C=O) groups excluding carboxylic acids is 2. The molecule has 3 N–H and O–H groups in total. The SMILES string of the molecule is Cl.NCC1CCCCC1NS(=O)(=O)CCCN1C(=O)c2ccccc2C1=O. The van der Waals surface area contributed by atoms with E-state index in [0.717, 1.165) is 30.6 Å². The Kier molecular flexibility index (Phi) is 7.39. The zero-order chi connectivity index (χ0) is 18.7. The molecule has 0 saturated heterocycles. The molecule has 1 aromatic carbocycles. The van der Waals surface area contributed by atoms with Crippen molar-refractivity contribution in [3.8, 4) is 0 Å². The molecule has 1 fully saturated rings. The molecule has 0 spiro atoms. The molecular weight excluding hydrogens is 390 g/mol. The number of nitrogens with two attached hydrogens (primary N) is 1. The van der Waals surface area contributed by atoms with E-state index < -0.39 is 10.0 Å². The summed E-state index contributed by atoms with van der Waals surface area (Å²) in [6.45, 7) is 0.570. The monoisotopic (exact) mass is 415 g/mol. The van der Waals surface area contributed by atoms with Gasteiger partial charge in [0.2, 0.25) is 10.0 Å². The Morgan fingerprint density at radius 3 is 2.26 bits per heavy atom. The smallest absolute Gasteiger partial charge is 0.261 e. The van der Waals surface area contributed by atoms with Crippen LogP contribution in [-0.4, -0.2) is 50.0 Å². The van der Waals surface area contributed by atoms with E-state index in [1.807, 2.05) is 0 Å². The maximum Gasteiger partial charge on any atom is 0.261 e. The summed E-state index contributed by atoms with van der Waals surface area (Å²) in [6, 6.07) is 6.53. The predicted molar refractivity (Wildman–Crippen MR) is 105 cm³/mol. The Morgan fingerprint density at radius 1 is 1.07 bits per heavy atom. The molecule has 3 rings (SSSR count). The van der Waals surface area contributed by atoms with E-state index in [-0.39, 0.29) is 54.9 Å². The highest BCUT2D eigenvalue weighted by atomic mass is 35.5. The summed E-state index contributed by atoms with van der Waals surface area (Å²) in [6.07, 6.45) is 4.04. The Balaban J connectivity index is 0.00000261. The van der Waals surface area contributed by atoms with E-state index in [9.17, 15) is 18.0 Å². The number of nitrogens with zero attached hydrogens (tertiary/aromatic N) is 1. The van der Waals surface area contributed by atoms with E-state index in [1.54, 1.807) is 24.3 Å². The molecule has 2 atom stereocenters. The Bertz CT molecular complexity index is 765. The van der Waals surface area contributed by atoms with Crippen LogP contribution < -0.4 is 10.5 Å². The Morgan fingerprint density at radius 2 is 1.67 bits per heavy atom. The first-order valence-electron chi connectivity index (χ1n) is 9.08. The number of benzene rings is 1. The number of hydrogen-bond acceptors (Lipinski definition) is 5. The number of carbonyl (C=O) groups is 2. The fourth-order valence-electron chi connectivity index (χ4n) is 3.79. The Hall–Kier alpha value is -1.48. The molecule has 1 saturated carbocycles. The van der Waals surface area contributed by atoms with Gasteiger partial charge in [-0.25, -0.2) is 13.1 Å². The lowest BCUT2D eigenvalue weighted by atomic mass is 9.85. The lowest BCUT2D eigenvalue weighted by Crippen LogP contribution is -2.45. The molecule has 1 aliphatic heterocycles. The van der Waals surface area contributed by atoms with Crippen molar-refractivity contribution in [1.82, 2.24) is 9.62 Å². The van der Waals surface area contributed by atoms with E-state index in [1.165, 1.54) is 0 Å². The maximum absolute atomic E-state index is 12.4. The number of amides is 2. The largest absolute Gasteiger partial charge is 0.330 e. The number of sulfonamides is 1. The number of halogens is 1. The van der Waals surface area contributed by atoms with E-state index in [2.05, 4.69) is 4.72 Å². The van der Waals surface area contributed by atoms with Crippen LogP contribution in [-0.2, 0) is 10.0 Å². The van der Waals surface area contributed by atoms with Crippen molar-refractivity contribution in [3.05, 3.63) is 35.4 Å². The van der Waals surface area contributed by atoms with Gasteiger partial charge in [0.1, 0.15) is 0 Å². The van der Waals surface area contributed by atoms with Crippen LogP contribution in [0.25, 0.3) is 0 Å². The molecule has 2 aliphatic rings. The van der Waals surface area contributed by atoms with E-state index >= 15 is 0 Å². The van der Waals surface area contributed by atoms with Crippen LogP contribution in [0.4, 0.5) is 0 Å². The van der Waals surface area contributed by atoms with Gasteiger partial charge in [-0.15, -0.1) is 12.4 Å². The quantitative estimate of drug-likeness (QED) is 0.656. The molecule has 2 unspecified atom stereocenters. The van der Waals surface area contributed by atoms with Crippen LogP contribution in [0.1, 0.15) is 52.8 Å². The molecule has 1 aliphatic carbocycles. The van der Waals surface area contributed by atoms with Crippen molar-refractivity contribution in [1.29, 1.82) is 0 Å². The summed E-state index contributed by atoms with van der Waals surface area (Å²) in [7, 11) is -3.47. The summed E-state index contributed by atoms with van der Waals surface area (Å²) < 4.78 is 27.5. The number of hydrogen-bond donors (Lipinski definition) is 2.